The second-order valence-corrected chi connectivity index (χ2v) is 3.45. The molecule has 0 aromatic rings. The molecule has 1 saturated heterocycles. The standard InChI is InChI=1S/C9H18N2O2/c1-2-7(6-12)11-9(13)8-4-3-5-10-8/h7-8,10,12H,2-6H2,1H3,(H,11,13)/t7-,8+/m1/s1. The van der Waals surface area contributed by atoms with Gasteiger partial charge in [0.15, 0.2) is 0 Å². The van der Waals surface area contributed by atoms with E-state index in [4.69, 9.17) is 5.11 Å². The summed E-state index contributed by atoms with van der Waals surface area (Å²) in [4.78, 5) is 11.5. The van der Waals surface area contributed by atoms with Crippen molar-refractivity contribution in [2.75, 3.05) is 13.2 Å². The Balaban J connectivity index is 2.30. The number of amides is 1. The topological polar surface area (TPSA) is 61.4 Å². The summed E-state index contributed by atoms with van der Waals surface area (Å²) in [5.41, 5.74) is 0. The molecule has 1 fully saturated rings. The summed E-state index contributed by atoms with van der Waals surface area (Å²) in [5.74, 6) is 0.0263. The van der Waals surface area contributed by atoms with Gasteiger partial charge in [0.1, 0.15) is 0 Å². The molecule has 4 nitrogen and oxygen atoms in total. The van der Waals surface area contributed by atoms with Crippen LogP contribution in [0.3, 0.4) is 0 Å². The van der Waals surface area contributed by atoms with Crippen LogP contribution in [0.25, 0.3) is 0 Å². The molecule has 76 valence electrons. The zero-order chi connectivity index (χ0) is 9.68. The second kappa shape index (κ2) is 5.19. The molecule has 1 aliphatic rings. The maximum absolute atomic E-state index is 11.5. The first-order valence-electron chi connectivity index (χ1n) is 4.92. The molecule has 1 heterocycles. The van der Waals surface area contributed by atoms with E-state index in [9.17, 15) is 4.79 Å². The van der Waals surface area contributed by atoms with Gasteiger partial charge in [-0.1, -0.05) is 6.92 Å². The van der Waals surface area contributed by atoms with Gasteiger partial charge in [-0.2, -0.15) is 0 Å². The molecular formula is C9H18N2O2. The minimum absolute atomic E-state index is 0.0228. The van der Waals surface area contributed by atoms with Crippen LogP contribution in [0.4, 0.5) is 0 Å². The highest BCUT2D eigenvalue weighted by molar-refractivity contribution is 5.82. The van der Waals surface area contributed by atoms with E-state index in [0.717, 1.165) is 25.8 Å². The highest BCUT2D eigenvalue weighted by Gasteiger charge is 2.23. The fraction of sp³-hybridized carbons (Fsp3) is 0.889. The van der Waals surface area contributed by atoms with Gasteiger partial charge < -0.3 is 15.7 Å². The van der Waals surface area contributed by atoms with Crippen LogP contribution in [0.2, 0.25) is 0 Å². The smallest absolute Gasteiger partial charge is 0.237 e. The van der Waals surface area contributed by atoms with E-state index in [0.29, 0.717) is 0 Å². The predicted molar refractivity (Wildman–Crippen MR) is 50.3 cm³/mol. The normalized spacial score (nSPS) is 24.3. The summed E-state index contributed by atoms with van der Waals surface area (Å²) in [6.45, 7) is 2.90. The molecule has 0 spiro atoms. The molecule has 0 saturated carbocycles. The Morgan fingerprint density at radius 1 is 1.77 bits per heavy atom. The average Bonchev–Trinajstić information content (AvgIpc) is 2.66. The van der Waals surface area contributed by atoms with Gasteiger partial charge in [-0.05, 0) is 25.8 Å². The molecule has 1 amide bonds. The lowest BCUT2D eigenvalue weighted by molar-refractivity contribution is -0.123. The minimum Gasteiger partial charge on any atom is -0.394 e. The summed E-state index contributed by atoms with van der Waals surface area (Å²) in [6, 6.07) is -0.129. The molecule has 1 rings (SSSR count). The van der Waals surface area contributed by atoms with E-state index in [1.54, 1.807) is 0 Å². The van der Waals surface area contributed by atoms with Crippen molar-refractivity contribution >= 4 is 5.91 Å². The number of aliphatic hydroxyl groups is 1. The molecule has 0 aromatic heterocycles. The Morgan fingerprint density at radius 2 is 2.54 bits per heavy atom. The molecule has 13 heavy (non-hydrogen) atoms. The average molecular weight is 186 g/mol. The number of carbonyl (C=O) groups excluding carboxylic acids is 1. The highest BCUT2D eigenvalue weighted by Crippen LogP contribution is 2.05. The van der Waals surface area contributed by atoms with Crippen LogP contribution in [0, 0.1) is 0 Å². The van der Waals surface area contributed by atoms with Crippen LogP contribution < -0.4 is 10.6 Å². The third kappa shape index (κ3) is 2.97. The van der Waals surface area contributed by atoms with Gasteiger partial charge in [0.05, 0.1) is 18.7 Å². The van der Waals surface area contributed by atoms with Crippen molar-refractivity contribution in [2.24, 2.45) is 0 Å². The lowest BCUT2D eigenvalue weighted by Crippen LogP contribution is -2.46. The zero-order valence-corrected chi connectivity index (χ0v) is 8.05. The predicted octanol–water partition coefficient (Wildman–Crippen LogP) is -0.374. The van der Waals surface area contributed by atoms with Crippen molar-refractivity contribution in [1.29, 1.82) is 0 Å². The van der Waals surface area contributed by atoms with Crippen molar-refractivity contribution in [1.82, 2.24) is 10.6 Å². The number of hydrogen-bond acceptors (Lipinski definition) is 3. The van der Waals surface area contributed by atoms with Gasteiger partial charge in [-0.25, -0.2) is 0 Å². The molecule has 0 bridgehead atoms. The molecule has 0 unspecified atom stereocenters. The van der Waals surface area contributed by atoms with E-state index in [-0.39, 0.29) is 24.6 Å². The summed E-state index contributed by atoms with van der Waals surface area (Å²) in [6.07, 6.45) is 2.75. The van der Waals surface area contributed by atoms with Gasteiger partial charge in [-0.3, -0.25) is 4.79 Å². The van der Waals surface area contributed by atoms with E-state index < -0.39 is 0 Å². The molecule has 3 N–H and O–H groups in total. The molecule has 0 aliphatic carbocycles. The van der Waals surface area contributed by atoms with E-state index in [1.807, 2.05) is 6.92 Å². The largest absolute Gasteiger partial charge is 0.394 e. The number of rotatable bonds is 4. The van der Waals surface area contributed by atoms with Gasteiger partial charge >= 0.3 is 0 Å². The second-order valence-electron chi connectivity index (χ2n) is 3.45. The van der Waals surface area contributed by atoms with Crippen molar-refractivity contribution < 1.29 is 9.90 Å². The molecule has 0 aromatic carbocycles. The highest BCUT2D eigenvalue weighted by atomic mass is 16.3. The minimum atomic E-state index is -0.0881. The van der Waals surface area contributed by atoms with Crippen LogP contribution in [-0.4, -0.2) is 36.2 Å². The van der Waals surface area contributed by atoms with Crippen molar-refractivity contribution in [3.8, 4) is 0 Å². The molecule has 1 aliphatic heterocycles. The van der Waals surface area contributed by atoms with Crippen LogP contribution in [0.15, 0.2) is 0 Å². The summed E-state index contributed by atoms with van der Waals surface area (Å²) in [7, 11) is 0. The van der Waals surface area contributed by atoms with Crippen LogP contribution in [-0.2, 0) is 4.79 Å². The SMILES string of the molecule is CC[C@H](CO)NC(=O)[C@@H]1CCCN1. The quantitative estimate of drug-likeness (QED) is 0.561. The first-order valence-corrected chi connectivity index (χ1v) is 4.92. The Labute approximate surface area is 78.7 Å². The van der Waals surface area contributed by atoms with Gasteiger partial charge in [0.25, 0.3) is 0 Å². The maximum Gasteiger partial charge on any atom is 0.237 e. The Kier molecular flexibility index (Phi) is 4.18. The lowest BCUT2D eigenvalue weighted by atomic mass is 10.2. The molecule has 0 radical (unpaired) electrons. The van der Waals surface area contributed by atoms with Crippen LogP contribution >= 0.6 is 0 Å². The molecular weight excluding hydrogens is 168 g/mol. The monoisotopic (exact) mass is 186 g/mol. The Morgan fingerprint density at radius 3 is 3.00 bits per heavy atom. The van der Waals surface area contributed by atoms with Crippen molar-refractivity contribution in [2.45, 2.75) is 38.3 Å². The zero-order valence-electron chi connectivity index (χ0n) is 8.05. The maximum atomic E-state index is 11.5. The summed E-state index contributed by atoms with van der Waals surface area (Å²) >= 11 is 0. The van der Waals surface area contributed by atoms with Crippen LogP contribution in [0.1, 0.15) is 26.2 Å². The van der Waals surface area contributed by atoms with Crippen molar-refractivity contribution in [3.63, 3.8) is 0 Å². The Hall–Kier alpha value is -0.610. The Bertz CT molecular complexity index is 163. The summed E-state index contributed by atoms with van der Waals surface area (Å²) < 4.78 is 0. The van der Waals surface area contributed by atoms with Gasteiger partial charge in [0, 0.05) is 0 Å². The fourth-order valence-corrected chi connectivity index (χ4v) is 1.49. The van der Waals surface area contributed by atoms with Gasteiger partial charge in [0.2, 0.25) is 5.91 Å². The number of nitrogens with one attached hydrogen (secondary N) is 2. The van der Waals surface area contributed by atoms with Crippen molar-refractivity contribution in [3.05, 3.63) is 0 Å². The van der Waals surface area contributed by atoms with Gasteiger partial charge in [-0.15, -0.1) is 0 Å². The van der Waals surface area contributed by atoms with E-state index >= 15 is 0 Å². The van der Waals surface area contributed by atoms with E-state index in [1.165, 1.54) is 0 Å². The number of aliphatic hydroxyl groups excluding tert-OH is 1. The molecule has 2 atom stereocenters. The number of carbonyl (C=O) groups is 1. The van der Waals surface area contributed by atoms with Crippen LogP contribution in [0.5, 0.6) is 0 Å². The lowest BCUT2D eigenvalue weighted by Gasteiger charge is -2.17. The first kappa shape index (κ1) is 10.5. The third-order valence-corrected chi connectivity index (χ3v) is 2.44. The molecule has 4 heteroatoms. The first-order chi connectivity index (χ1) is 6.27. The summed E-state index contributed by atoms with van der Waals surface area (Å²) in [5, 5.41) is 14.8. The fourth-order valence-electron chi connectivity index (χ4n) is 1.49. The number of hydrogen-bond donors (Lipinski definition) is 3. The third-order valence-electron chi connectivity index (χ3n) is 2.44. The van der Waals surface area contributed by atoms with E-state index in [2.05, 4.69) is 10.6 Å².